The second-order valence-electron chi connectivity index (χ2n) is 15.5. The molecule has 2 unspecified atom stereocenters. The number of benzene rings is 7. The molecule has 0 N–H and O–H groups in total. The number of aromatic nitrogens is 1. The molecule has 3 aromatic heterocycles. The van der Waals surface area contributed by atoms with Gasteiger partial charge in [0.15, 0.2) is 0 Å². The lowest BCUT2D eigenvalue weighted by Gasteiger charge is -2.21. The first-order chi connectivity index (χ1) is 28.2. The lowest BCUT2D eigenvalue weighted by Crippen LogP contribution is -2.05. The third-order valence-electron chi connectivity index (χ3n) is 12.3. The van der Waals surface area contributed by atoms with E-state index in [-0.39, 0.29) is 0 Å². The Morgan fingerprint density at radius 2 is 1.23 bits per heavy atom. The van der Waals surface area contributed by atoms with E-state index in [1.807, 2.05) is 11.3 Å². The number of hydrogen-bond acceptors (Lipinski definition) is 2. The van der Waals surface area contributed by atoms with Crippen LogP contribution in [0.25, 0.3) is 91.9 Å². The third-order valence-corrected chi connectivity index (χ3v) is 13.5. The van der Waals surface area contributed by atoms with Crippen LogP contribution in [0, 0.1) is 5.92 Å². The quantitative estimate of drug-likeness (QED) is 0.171. The molecule has 0 bridgehead atoms. The van der Waals surface area contributed by atoms with Crippen molar-refractivity contribution < 1.29 is 4.42 Å². The maximum absolute atomic E-state index is 6.65. The van der Waals surface area contributed by atoms with Crippen molar-refractivity contribution in [2.24, 2.45) is 5.92 Å². The Bertz CT molecular complexity index is 3340. The van der Waals surface area contributed by atoms with Crippen molar-refractivity contribution in [1.82, 2.24) is 4.57 Å². The van der Waals surface area contributed by atoms with E-state index in [1.54, 1.807) is 0 Å². The first kappa shape index (κ1) is 32.6. The predicted octanol–water partition coefficient (Wildman–Crippen LogP) is 15.5. The lowest BCUT2D eigenvalue weighted by molar-refractivity contribution is 0.669. The number of allylic oxidation sites excluding steroid dienone is 8. The van der Waals surface area contributed by atoms with Crippen LogP contribution in [-0.2, 0) is 0 Å². The average Bonchev–Trinajstić information content (AvgIpc) is 3.96. The molecule has 0 aliphatic heterocycles. The van der Waals surface area contributed by atoms with Gasteiger partial charge in [0.2, 0.25) is 0 Å². The number of nitrogens with zero attached hydrogens (tertiary/aromatic N) is 1. The van der Waals surface area contributed by atoms with Crippen LogP contribution in [-0.4, -0.2) is 4.57 Å². The van der Waals surface area contributed by atoms with E-state index in [9.17, 15) is 0 Å². The molecule has 0 saturated heterocycles. The summed E-state index contributed by atoms with van der Waals surface area (Å²) >= 11 is 1.89. The fourth-order valence-corrected chi connectivity index (χ4v) is 10.6. The number of fused-ring (bicyclic) bond motifs is 10. The van der Waals surface area contributed by atoms with Gasteiger partial charge in [-0.3, -0.25) is 0 Å². The van der Waals surface area contributed by atoms with Crippen molar-refractivity contribution in [3.05, 3.63) is 199 Å². The first-order valence-corrected chi connectivity index (χ1v) is 20.8. The van der Waals surface area contributed by atoms with E-state index in [2.05, 4.69) is 193 Å². The fourth-order valence-electron chi connectivity index (χ4n) is 9.36. The SMILES string of the molecule is C1=CCC(C2=CCC(c3ccc(-c4ccc(-c5ccc6c(c5)oc5cc(-n7c8ccccc8c8c9sc%10ccccc%10c9ccc87)ccc56)cc4)cc3)C=C2)C=C1. The number of rotatable bonds is 5. The van der Waals surface area contributed by atoms with Gasteiger partial charge in [-0.2, -0.15) is 0 Å². The van der Waals surface area contributed by atoms with Crippen LogP contribution in [0.15, 0.2) is 198 Å². The van der Waals surface area contributed by atoms with E-state index in [0.717, 1.165) is 46.0 Å². The van der Waals surface area contributed by atoms with Crippen LogP contribution < -0.4 is 0 Å². The zero-order chi connectivity index (χ0) is 37.5. The van der Waals surface area contributed by atoms with Crippen LogP contribution in [0.3, 0.4) is 0 Å². The zero-order valence-electron chi connectivity index (χ0n) is 31.2. The highest BCUT2D eigenvalue weighted by atomic mass is 32.1. The number of hydrogen-bond donors (Lipinski definition) is 0. The molecule has 2 atom stereocenters. The minimum atomic E-state index is 0.431. The maximum Gasteiger partial charge on any atom is 0.137 e. The van der Waals surface area contributed by atoms with Gasteiger partial charge in [0.05, 0.1) is 11.0 Å². The van der Waals surface area contributed by atoms with Crippen LogP contribution in [0.4, 0.5) is 0 Å². The molecule has 7 aromatic carbocycles. The van der Waals surface area contributed by atoms with Gasteiger partial charge in [-0.05, 0) is 88.7 Å². The van der Waals surface area contributed by atoms with Crippen LogP contribution in [0.2, 0.25) is 0 Å². The Balaban J connectivity index is 0.835. The monoisotopic (exact) mass is 747 g/mol. The highest BCUT2D eigenvalue weighted by Crippen LogP contribution is 2.44. The van der Waals surface area contributed by atoms with Crippen molar-refractivity contribution in [3.8, 4) is 27.9 Å². The second kappa shape index (κ2) is 12.9. The third kappa shape index (κ3) is 5.30. The van der Waals surface area contributed by atoms with Gasteiger partial charge in [-0.25, -0.2) is 0 Å². The van der Waals surface area contributed by atoms with Gasteiger partial charge < -0.3 is 8.98 Å². The first-order valence-electron chi connectivity index (χ1n) is 20.0. The van der Waals surface area contributed by atoms with E-state index in [1.165, 1.54) is 69.8 Å². The van der Waals surface area contributed by atoms with E-state index in [4.69, 9.17) is 4.42 Å². The number of furan rings is 1. The summed E-state index contributed by atoms with van der Waals surface area (Å²) in [6.45, 7) is 0. The Morgan fingerprint density at radius 1 is 0.526 bits per heavy atom. The van der Waals surface area contributed by atoms with E-state index >= 15 is 0 Å². The molecule has 0 saturated carbocycles. The Morgan fingerprint density at radius 3 is 2.02 bits per heavy atom. The Hall–Kier alpha value is -6.68. The molecule has 0 radical (unpaired) electrons. The molecule has 0 spiro atoms. The van der Waals surface area contributed by atoms with Crippen LogP contribution >= 0.6 is 11.3 Å². The molecule has 12 rings (SSSR count). The molecule has 0 amide bonds. The number of para-hydroxylation sites is 1. The molecule has 270 valence electrons. The molecule has 3 heteroatoms. The molecule has 0 fully saturated rings. The van der Waals surface area contributed by atoms with Crippen molar-refractivity contribution in [3.63, 3.8) is 0 Å². The minimum Gasteiger partial charge on any atom is -0.456 e. The Labute approximate surface area is 334 Å². The highest BCUT2D eigenvalue weighted by molar-refractivity contribution is 7.26. The molecular formula is C54H37NOS. The lowest BCUT2D eigenvalue weighted by atomic mass is 9.84. The second-order valence-corrected chi connectivity index (χ2v) is 16.6. The van der Waals surface area contributed by atoms with Gasteiger partial charge >= 0.3 is 0 Å². The van der Waals surface area contributed by atoms with Gasteiger partial charge in [0.25, 0.3) is 0 Å². The predicted molar refractivity (Wildman–Crippen MR) is 243 cm³/mol. The van der Waals surface area contributed by atoms with Gasteiger partial charge in [-0.15, -0.1) is 11.3 Å². The topological polar surface area (TPSA) is 18.1 Å². The van der Waals surface area contributed by atoms with Gasteiger partial charge in [0, 0.05) is 65.3 Å². The summed E-state index contributed by atoms with van der Waals surface area (Å²) in [5, 5.41) is 7.50. The summed E-state index contributed by atoms with van der Waals surface area (Å²) in [5.41, 5.74) is 12.9. The molecule has 2 nitrogen and oxygen atoms in total. The average molecular weight is 748 g/mol. The van der Waals surface area contributed by atoms with E-state index < -0.39 is 0 Å². The van der Waals surface area contributed by atoms with Crippen molar-refractivity contribution >= 4 is 75.3 Å². The molecular weight excluding hydrogens is 711 g/mol. The highest BCUT2D eigenvalue weighted by Gasteiger charge is 2.19. The molecule has 2 aliphatic carbocycles. The van der Waals surface area contributed by atoms with Gasteiger partial charge in [-0.1, -0.05) is 140 Å². The number of thiophene rings is 1. The van der Waals surface area contributed by atoms with Crippen molar-refractivity contribution in [2.45, 2.75) is 18.8 Å². The minimum absolute atomic E-state index is 0.431. The molecule has 2 aliphatic rings. The normalized spacial score (nSPS) is 16.9. The summed E-state index contributed by atoms with van der Waals surface area (Å²) < 4.78 is 11.7. The molecule has 57 heavy (non-hydrogen) atoms. The smallest absolute Gasteiger partial charge is 0.137 e. The molecule has 10 aromatic rings. The molecule has 3 heterocycles. The van der Waals surface area contributed by atoms with Crippen molar-refractivity contribution in [1.29, 1.82) is 0 Å². The Kier molecular flexibility index (Phi) is 7.39. The van der Waals surface area contributed by atoms with Crippen LogP contribution in [0.1, 0.15) is 24.3 Å². The summed E-state index contributed by atoms with van der Waals surface area (Å²) in [4.78, 5) is 0. The summed E-state index contributed by atoms with van der Waals surface area (Å²) in [6, 6.07) is 53.5. The van der Waals surface area contributed by atoms with Crippen LogP contribution in [0.5, 0.6) is 0 Å². The zero-order valence-corrected chi connectivity index (χ0v) is 32.0. The maximum atomic E-state index is 6.65. The summed E-state index contributed by atoms with van der Waals surface area (Å²) in [6.07, 6.45) is 18.2. The van der Waals surface area contributed by atoms with Gasteiger partial charge in [0.1, 0.15) is 11.2 Å². The standard InChI is InChI=1S/C54H37NOS/c1-2-8-34(9-3-1)35-14-16-36(17-15-35)37-18-20-38(21-19-37)39-22-24-40(25-23-39)41-26-28-43-44-29-27-42(33-51(44)56-50(43)32-41)55-48-12-6-4-11-47(48)53-49(55)31-30-46-45-10-5-7-13-52(45)57-54(46)53/h1-8,10-16,18-34,36H,9,17H2. The fraction of sp³-hybridized carbons (Fsp3) is 0.0741. The van der Waals surface area contributed by atoms with E-state index in [0.29, 0.717) is 11.8 Å². The summed E-state index contributed by atoms with van der Waals surface area (Å²) in [7, 11) is 0. The largest absolute Gasteiger partial charge is 0.456 e. The summed E-state index contributed by atoms with van der Waals surface area (Å²) in [5.74, 6) is 0.950. The van der Waals surface area contributed by atoms with Crippen molar-refractivity contribution in [2.75, 3.05) is 0 Å².